The van der Waals surface area contributed by atoms with E-state index < -0.39 is 12.1 Å². The average Bonchev–Trinajstić information content (AvgIpc) is 2.55. The minimum atomic E-state index is -4.43. The summed E-state index contributed by atoms with van der Waals surface area (Å²) in [6.07, 6.45) is -1.18. The van der Waals surface area contributed by atoms with Crippen molar-refractivity contribution in [3.8, 4) is 0 Å². The van der Waals surface area contributed by atoms with Crippen molar-refractivity contribution >= 4 is 24.0 Å². The van der Waals surface area contributed by atoms with Crippen LogP contribution in [0.2, 0.25) is 5.02 Å². The number of benzene rings is 2. The van der Waals surface area contributed by atoms with Crippen molar-refractivity contribution in [1.29, 1.82) is 0 Å². The second-order valence-corrected chi connectivity index (χ2v) is 6.11. The summed E-state index contributed by atoms with van der Waals surface area (Å²) < 4.78 is 40.3. The largest absolute Gasteiger partial charge is 0.399 e. The summed E-state index contributed by atoms with van der Waals surface area (Å²) in [5, 5.41) is 0.277. The van der Waals surface area contributed by atoms with Crippen LogP contribution in [0.15, 0.2) is 42.5 Å². The molecule has 0 aliphatic carbocycles. The standard InChI is InChI=1S/C19H16ClF3O.C2H6/c1-12-7-16(10-17(20)8-12)18(19(21,22)23)6-4-14-3-5-15(11-24)13(2)9-14;1-2/h3-11,18H,1-2H3;1-2H3/b6-4+;. The summed E-state index contributed by atoms with van der Waals surface area (Å²) in [7, 11) is 0. The van der Waals surface area contributed by atoms with Gasteiger partial charge in [0.25, 0.3) is 0 Å². The van der Waals surface area contributed by atoms with E-state index in [1.54, 1.807) is 38.1 Å². The molecule has 0 aromatic heterocycles. The van der Waals surface area contributed by atoms with Crippen LogP contribution >= 0.6 is 11.6 Å². The topological polar surface area (TPSA) is 17.1 Å². The fourth-order valence-electron chi connectivity index (χ4n) is 2.50. The second-order valence-electron chi connectivity index (χ2n) is 5.67. The number of carbonyl (C=O) groups is 1. The predicted molar refractivity (Wildman–Crippen MR) is 102 cm³/mol. The Labute approximate surface area is 157 Å². The van der Waals surface area contributed by atoms with Crippen LogP contribution < -0.4 is 0 Å². The summed E-state index contributed by atoms with van der Waals surface area (Å²) in [5.74, 6) is -1.75. The van der Waals surface area contributed by atoms with Crippen molar-refractivity contribution in [2.24, 2.45) is 0 Å². The van der Waals surface area contributed by atoms with E-state index in [0.717, 1.165) is 12.4 Å². The molecule has 0 heterocycles. The van der Waals surface area contributed by atoms with Crippen LogP contribution in [0.1, 0.15) is 52.4 Å². The molecule has 0 bridgehead atoms. The number of hydrogen-bond acceptors (Lipinski definition) is 1. The normalized spacial score (nSPS) is 12.5. The highest BCUT2D eigenvalue weighted by atomic mass is 35.5. The SMILES string of the molecule is CC.Cc1cc(Cl)cc(C(/C=C/c2ccc(C=O)c(C)c2)C(F)(F)F)c1. The Balaban J connectivity index is 0.00000163. The molecule has 1 atom stereocenters. The smallest absolute Gasteiger partial charge is 0.298 e. The fourth-order valence-corrected chi connectivity index (χ4v) is 2.79. The lowest BCUT2D eigenvalue weighted by Gasteiger charge is -2.18. The predicted octanol–water partition coefficient (Wildman–Crippen LogP) is 7.15. The molecule has 140 valence electrons. The molecule has 2 rings (SSSR count). The number of aldehydes is 1. The van der Waals surface area contributed by atoms with E-state index in [4.69, 9.17) is 11.6 Å². The van der Waals surface area contributed by atoms with Crippen molar-refractivity contribution in [3.63, 3.8) is 0 Å². The first kappa shape index (κ1) is 22.0. The average molecular weight is 383 g/mol. The molecule has 0 aliphatic rings. The zero-order valence-corrected chi connectivity index (χ0v) is 15.9. The highest BCUT2D eigenvalue weighted by Crippen LogP contribution is 2.37. The first-order valence-corrected chi connectivity index (χ1v) is 8.66. The Morgan fingerprint density at radius 2 is 1.69 bits per heavy atom. The molecule has 0 aliphatic heterocycles. The van der Waals surface area contributed by atoms with E-state index in [2.05, 4.69) is 0 Å². The number of halogens is 4. The van der Waals surface area contributed by atoms with Gasteiger partial charge in [0, 0.05) is 10.6 Å². The van der Waals surface area contributed by atoms with Gasteiger partial charge in [-0.25, -0.2) is 0 Å². The summed E-state index contributed by atoms with van der Waals surface area (Å²) >= 11 is 5.89. The summed E-state index contributed by atoms with van der Waals surface area (Å²) in [6.45, 7) is 7.44. The molecule has 0 saturated carbocycles. The van der Waals surface area contributed by atoms with Crippen LogP contribution in [0.5, 0.6) is 0 Å². The van der Waals surface area contributed by atoms with Crippen LogP contribution in [0.4, 0.5) is 13.2 Å². The number of allylic oxidation sites excluding steroid dienone is 1. The molecule has 0 saturated heterocycles. The minimum Gasteiger partial charge on any atom is -0.298 e. The minimum absolute atomic E-state index is 0.102. The second kappa shape index (κ2) is 9.58. The number of rotatable bonds is 4. The number of alkyl halides is 3. The highest BCUT2D eigenvalue weighted by Gasteiger charge is 2.39. The van der Waals surface area contributed by atoms with Crippen molar-refractivity contribution in [1.82, 2.24) is 0 Å². The summed E-state index contributed by atoms with van der Waals surface area (Å²) in [5.41, 5.74) is 2.61. The monoisotopic (exact) mass is 382 g/mol. The van der Waals surface area contributed by atoms with Crippen LogP contribution in [0.25, 0.3) is 6.08 Å². The van der Waals surface area contributed by atoms with Gasteiger partial charge < -0.3 is 0 Å². The molecule has 5 heteroatoms. The van der Waals surface area contributed by atoms with E-state index >= 15 is 0 Å². The van der Waals surface area contributed by atoms with Gasteiger partial charge in [-0.05, 0) is 48.2 Å². The van der Waals surface area contributed by atoms with E-state index in [1.807, 2.05) is 13.8 Å². The van der Waals surface area contributed by atoms with Crippen LogP contribution in [-0.2, 0) is 0 Å². The fraction of sp³-hybridized carbons (Fsp3) is 0.286. The summed E-state index contributed by atoms with van der Waals surface area (Å²) in [4.78, 5) is 10.8. The molecule has 2 aromatic rings. The Morgan fingerprint density at radius 1 is 1.04 bits per heavy atom. The molecule has 0 fully saturated rings. The lowest BCUT2D eigenvalue weighted by Crippen LogP contribution is -2.19. The van der Waals surface area contributed by atoms with Gasteiger partial charge in [-0.2, -0.15) is 13.2 Å². The lowest BCUT2D eigenvalue weighted by molar-refractivity contribution is -0.139. The Bertz CT molecular complexity index is 759. The quantitative estimate of drug-likeness (QED) is 0.513. The third-order valence-electron chi connectivity index (χ3n) is 3.68. The molecular weight excluding hydrogens is 361 g/mol. The molecular formula is C21H22ClF3O. The van der Waals surface area contributed by atoms with Gasteiger partial charge in [0.1, 0.15) is 6.29 Å². The van der Waals surface area contributed by atoms with E-state index in [0.29, 0.717) is 22.3 Å². The Morgan fingerprint density at radius 3 is 2.19 bits per heavy atom. The van der Waals surface area contributed by atoms with Gasteiger partial charge in [-0.3, -0.25) is 4.79 Å². The molecule has 0 spiro atoms. The third kappa shape index (κ3) is 6.03. The highest BCUT2D eigenvalue weighted by molar-refractivity contribution is 6.30. The lowest BCUT2D eigenvalue weighted by atomic mass is 9.95. The molecule has 1 unspecified atom stereocenters. The molecule has 0 amide bonds. The van der Waals surface area contributed by atoms with E-state index in [1.165, 1.54) is 18.2 Å². The number of carbonyl (C=O) groups excluding carboxylic acids is 1. The van der Waals surface area contributed by atoms with Gasteiger partial charge in [0.05, 0.1) is 5.92 Å². The van der Waals surface area contributed by atoms with Crippen molar-refractivity contribution in [3.05, 3.63) is 75.3 Å². The summed E-state index contributed by atoms with van der Waals surface area (Å²) in [6, 6.07) is 9.31. The number of aryl methyl sites for hydroxylation is 2. The van der Waals surface area contributed by atoms with Crippen LogP contribution in [0.3, 0.4) is 0 Å². The first-order chi connectivity index (χ1) is 12.2. The van der Waals surface area contributed by atoms with Crippen molar-refractivity contribution in [2.45, 2.75) is 39.8 Å². The van der Waals surface area contributed by atoms with E-state index in [-0.39, 0.29) is 10.6 Å². The Kier molecular flexibility index (Phi) is 8.09. The maximum absolute atomic E-state index is 13.4. The zero-order valence-electron chi connectivity index (χ0n) is 15.2. The van der Waals surface area contributed by atoms with Gasteiger partial charge in [0.15, 0.2) is 0 Å². The van der Waals surface area contributed by atoms with Gasteiger partial charge in [0.2, 0.25) is 0 Å². The van der Waals surface area contributed by atoms with Gasteiger partial charge >= 0.3 is 6.18 Å². The van der Waals surface area contributed by atoms with Crippen molar-refractivity contribution < 1.29 is 18.0 Å². The molecule has 0 radical (unpaired) electrons. The van der Waals surface area contributed by atoms with Gasteiger partial charge in [-0.1, -0.05) is 61.9 Å². The Hall–Kier alpha value is -2.07. The molecule has 0 N–H and O–H groups in total. The van der Waals surface area contributed by atoms with Gasteiger partial charge in [-0.15, -0.1) is 0 Å². The van der Waals surface area contributed by atoms with E-state index in [9.17, 15) is 18.0 Å². The molecule has 2 aromatic carbocycles. The maximum atomic E-state index is 13.4. The maximum Gasteiger partial charge on any atom is 0.399 e. The van der Waals surface area contributed by atoms with Crippen LogP contribution in [-0.4, -0.2) is 12.5 Å². The third-order valence-corrected chi connectivity index (χ3v) is 3.90. The molecule has 26 heavy (non-hydrogen) atoms. The molecule has 1 nitrogen and oxygen atoms in total. The number of hydrogen-bond donors (Lipinski definition) is 0. The zero-order chi connectivity index (χ0) is 19.9. The first-order valence-electron chi connectivity index (χ1n) is 8.28. The van der Waals surface area contributed by atoms with Crippen LogP contribution in [0, 0.1) is 13.8 Å². The van der Waals surface area contributed by atoms with Crippen molar-refractivity contribution in [2.75, 3.05) is 0 Å².